The number of nitrogens with zero attached hydrogens (tertiary/aromatic N) is 1. The highest BCUT2D eigenvalue weighted by molar-refractivity contribution is 5.80. The third-order valence-corrected chi connectivity index (χ3v) is 3.52. The predicted molar refractivity (Wildman–Crippen MR) is 78.5 cm³/mol. The molecule has 1 atom stereocenters. The van der Waals surface area contributed by atoms with Gasteiger partial charge in [-0.3, -0.25) is 4.79 Å². The first-order chi connectivity index (χ1) is 9.72. The summed E-state index contributed by atoms with van der Waals surface area (Å²) in [6, 6.07) is 18.4. The third-order valence-electron chi connectivity index (χ3n) is 3.52. The molecule has 0 aromatic heterocycles. The molecule has 0 saturated carbocycles. The van der Waals surface area contributed by atoms with E-state index >= 15 is 0 Å². The van der Waals surface area contributed by atoms with Crippen molar-refractivity contribution in [1.29, 1.82) is 0 Å². The van der Waals surface area contributed by atoms with Crippen LogP contribution < -0.4 is 5.43 Å². The van der Waals surface area contributed by atoms with Crippen LogP contribution in [0.3, 0.4) is 0 Å². The first kappa shape index (κ1) is 12.6. The third kappa shape index (κ3) is 2.62. The van der Waals surface area contributed by atoms with Crippen molar-refractivity contribution >= 4 is 12.1 Å². The molecule has 3 nitrogen and oxygen atoms in total. The van der Waals surface area contributed by atoms with Crippen LogP contribution in [-0.4, -0.2) is 16.8 Å². The number of carbonyl (C=O) groups is 1. The molecule has 0 aliphatic carbocycles. The number of hydrogen-bond donors (Lipinski definition) is 1. The van der Waals surface area contributed by atoms with Crippen molar-refractivity contribution in [3.63, 3.8) is 0 Å². The van der Waals surface area contributed by atoms with Gasteiger partial charge in [-0.2, -0.15) is 0 Å². The van der Waals surface area contributed by atoms with Gasteiger partial charge < -0.3 is 0 Å². The summed E-state index contributed by atoms with van der Waals surface area (Å²) in [6.07, 6.45) is 2.47. The first-order valence-corrected chi connectivity index (χ1v) is 6.77. The Balaban J connectivity index is 1.95. The highest BCUT2D eigenvalue weighted by Gasteiger charge is 2.35. The summed E-state index contributed by atoms with van der Waals surface area (Å²) < 4.78 is 1.91. The Kier molecular flexibility index (Phi) is 3.33. The number of benzene rings is 2. The number of nitrogens with one attached hydrogen (secondary N) is 1. The van der Waals surface area contributed by atoms with Gasteiger partial charge in [0.2, 0.25) is 12.3 Å². The first-order valence-electron chi connectivity index (χ1n) is 6.77. The van der Waals surface area contributed by atoms with Gasteiger partial charge in [0.05, 0.1) is 0 Å². The van der Waals surface area contributed by atoms with E-state index in [9.17, 15) is 4.79 Å². The lowest BCUT2D eigenvalue weighted by atomic mass is 10.0. The maximum Gasteiger partial charge on any atom is 0.281 e. The van der Waals surface area contributed by atoms with E-state index in [1.165, 1.54) is 5.56 Å². The second kappa shape index (κ2) is 5.29. The number of hydrogen-bond acceptors (Lipinski definition) is 1. The number of carbonyl (C=O) groups excluding carboxylic acids is 1. The molecule has 1 N–H and O–H groups in total. The van der Waals surface area contributed by atoms with Gasteiger partial charge in [-0.25, -0.2) is 0 Å². The minimum atomic E-state index is 0.0581. The molecular formula is C17H17N2O+. The normalized spacial score (nSPS) is 20.1. The van der Waals surface area contributed by atoms with E-state index in [1.54, 1.807) is 0 Å². The fourth-order valence-electron chi connectivity index (χ4n) is 2.43. The van der Waals surface area contributed by atoms with E-state index in [-0.39, 0.29) is 11.9 Å². The maximum absolute atomic E-state index is 11.7. The molecule has 3 heteroatoms. The number of aryl methyl sites for hydroxylation is 1. The van der Waals surface area contributed by atoms with Crippen molar-refractivity contribution in [2.45, 2.75) is 19.4 Å². The minimum absolute atomic E-state index is 0.0581. The van der Waals surface area contributed by atoms with Crippen LogP contribution in [0.5, 0.6) is 0 Å². The molecule has 2 aromatic carbocycles. The van der Waals surface area contributed by atoms with E-state index < -0.39 is 0 Å². The summed E-state index contributed by atoms with van der Waals surface area (Å²) in [6.45, 7) is 2.07. The molecule has 0 radical (unpaired) electrons. The van der Waals surface area contributed by atoms with Crippen molar-refractivity contribution in [2.24, 2.45) is 0 Å². The van der Waals surface area contributed by atoms with Crippen LogP contribution in [0.25, 0.3) is 0 Å². The monoisotopic (exact) mass is 265 g/mol. The highest BCUT2D eigenvalue weighted by Crippen LogP contribution is 2.24. The SMILES string of the molecule is Cc1ccc(C2CC(=O)N/[N+]2=C\c2ccccc2)cc1. The molecular weight excluding hydrogens is 248 g/mol. The Morgan fingerprint density at radius 3 is 2.50 bits per heavy atom. The lowest BCUT2D eigenvalue weighted by Crippen LogP contribution is -2.26. The van der Waals surface area contributed by atoms with Crippen molar-refractivity contribution in [3.8, 4) is 0 Å². The predicted octanol–water partition coefficient (Wildman–Crippen LogP) is 2.60. The van der Waals surface area contributed by atoms with E-state index in [4.69, 9.17) is 0 Å². The Hall–Kier alpha value is -2.42. The van der Waals surface area contributed by atoms with Crippen molar-refractivity contribution < 1.29 is 9.48 Å². The van der Waals surface area contributed by atoms with E-state index in [1.807, 2.05) is 41.2 Å². The zero-order chi connectivity index (χ0) is 13.9. The quantitative estimate of drug-likeness (QED) is 0.832. The van der Waals surface area contributed by atoms with Crippen molar-refractivity contribution in [1.82, 2.24) is 5.43 Å². The van der Waals surface area contributed by atoms with Crippen LogP contribution in [0.15, 0.2) is 54.6 Å². The molecule has 1 aliphatic heterocycles. The Labute approximate surface area is 118 Å². The molecule has 1 amide bonds. The topological polar surface area (TPSA) is 32.1 Å². The minimum Gasteiger partial charge on any atom is -0.269 e. The average Bonchev–Trinajstić information content (AvgIpc) is 2.81. The van der Waals surface area contributed by atoms with Gasteiger partial charge in [0.15, 0.2) is 0 Å². The largest absolute Gasteiger partial charge is 0.281 e. The van der Waals surface area contributed by atoms with Crippen molar-refractivity contribution in [2.75, 3.05) is 0 Å². The number of rotatable bonds is 2. The van der Waals surface area contributed by atoms with Gasteiger partial charge >= 0.3 is 0 Å². The smallest absolute Gasteiger partial charge is 0.269 e. The molecule has 1 aliphatic rings. The van der Waals surface area contributed by atoms with Gasteiger partial charge in [-0.15, -0.1) is 10.1 Å². The average molecular weight is 265 g/mol. The van der Waals surface area contributed by atoms with Gasteiger partial charge in [-0.1, -0.05) is 48.0 Å². The summed E-state index contributed by atoms with van der Waals surface area (Å²) in [7, 11) is 0. The Morgan fingerprint density at radius 1 is 1.10 bits per heavy atom. The summed E-state index contributed by atoms with van der Waals surface area (Å²) in [5.74, 6) is 0.0581. The fourth-order valence-corrected chi connectivity index (χ4v) is 2.43. The number of amides is 1. The van der Waals surface area contributed by atoms with E-state index in [0.717, 1.165) is 11.1 Å². The van der Waals surface area contributed by atoms with Gasteiger partial charge in [0, 0.05) is 11.1 Å². The Morgan fingerprint density at radius 2 is 1.80 bits per heavy atom. The summed E-state index contributed by atoms with van der Waals surface area (Å²) in [5.41, 5.74) is 6.36. The summed E-state index contributed by atoms with van der Waals surface area (Å²) in [4.78, 5) is 11.7. The van der Waals surface area contributed by atoms with Crippen LogP contribution in [0, 0.1) is 6.92 Å². The lowest BCUT2D eigenvalue weighted by molar-refractivity contribution is -0.594. The molecule has 1 saturated heterocycles. The van der Waals surface area contributed by atoms with Crippen LogP contribution in [0.2, 0.25) is 0 Å². The second-order valence-corrected chi connectivity index (χ2v) is 5.11. The zero-order valence-electron chi connectivity index (χ0n) is 11.4. The molecule has 1 heterocycles. The fraction of sp³-hybridized carbons (Fsp3) is 0.176. The molecule has 100 valence electrons. The van der Waals surface area contributed by atoms with Crippen LogP contribution in [0.1, 0.15) is 29.2 Å². The molecule has 20 heavy (non-hydrogen) atoms. The zero-order valence-corrected chi connectivity index (χ0v) is 11.4. The molecule has 0 bridgehead atoms. The second-order valence-electron chi connectivity index (χ2n) is 5.11. The summed E-state index contributed by atoms with van der Waals surface area (Å²) in [5, 5.41) is 0. The number of hydrazone groups is 1. The van der Waals surface area contributed by atoms with Gasteiger partial charge in [-0.05, 0) is 19.1 Å². The van der Waals surface area contributed by atoms with E-state index in [2.05, 4.69) is 36.6 Å². The van der Waals surface area contributed by atoms with Gasteiger partial charge in [0.25, 0.3) is 5.91 Å². The highest BCUT2D eigenvalue weighted by atomic mass is 16.2. The molecule has 0 spiro atoms. The summed E-state index contributed by atoms with van der Waals surface area (Å²) >= 11 is 0. The molecule has 3 rings (SSSR count). The van der Waals surface area contributed by atoms with Crippen LogP contribution in [-0.2, 0) is 4.79 Å². The standard InChI is InChI=1S/C17H16N2O/c1-13-7-9-15(10-8-13)16-11-17(20)18-19(16)12-14-5-3-2-4-6-14/h2-10,12,16H,11H2,1H3/p+1/b19-12-. The van der Waals surface area contributed by atoms with E-state index in [0.29, 0.717) is 6.42 Å². The van der Waals surface area contributed by atoms with Crippen LogP contribution in [0.4, 0.5) is 0 Å². The van der Waals surface area contributed by atoms with Gasteiger partial charge in [0.1, 0.15) is 6.42 Å². The van der Waals surface area contributed by atoms with Crippen molar-refractivity contribution in [3.05, 3.63) is 71.3 Å². The van der Waals surface area contributed by atoms with Crippen LogP contribution >= 0.6 is 0 Å². The maximum atomic E-state index is 11.7. The molecule has 2 aromatic rings. The molecule has 1 fully saturated rings. The Bertz CT molecular complexity index is 644. The molecule has 1 unspecified atom stereocenters. The number of hydrazine groups is 1. The lowest BCUT2D eigenvalue weighted by Gasteiger charge is -2.06.